The van der Waals surface area contributed by atoms with Crippen LogP contribution in [0.4, 0.5) is 0 Å². The number of rotatable bonds is 5. The molecule has 1 aromatic heterocycles. The van der Waals surface area contributed by atoms with Crippen LogP contribution in [-0.2, 0) is 4.79 Å². The summed E-state index contributed by atoms with van der Waals surface area (Å²) in [6.07, 6.45) is 0.930. The number of amides is 1. The third kappa shape index (κ3) is 3.44. The fraction of sp³-hybridized carbons (Fsp3) is 0.667. The van der Waals surface area contributed by atoms with Gasteiger partial charge in [0.05, 0.1) is 6.04 Å². The summed E-state index contributed by atoms with van der Waals surface area (Å²) in [5.41, 5.74) is 0. The molecule has 4 nitrogen and oxygen atoms in total. The van der Waals surface area contributed by atoms with E-state index in [2.05, 4.69) is 34.7 Å². The van der Waals surface area contributed by atoms with Gasteiger partial charge in [0, 0.05) is 42.6 Å². The second kappa shape index (κ2) is 7.13. The van der Waals surface area contributed by atoms with Crippen molar-refractivity contribution in [3.8, 4) is 0 Å². The van der Waals surface area contributed by atoms with Crippen molar-refractivity contribution in [3.63, 3.8) is 0 Å². The van der Waals surface area contributed by atoms with Crippen LogP contribution >= 0.6 is 23.1 Å². The van der Waals surface area contributed by atoms with Crippen molar-refractivity contribution in [3.05, 3.63) is 22.4 Å². The van der Waals surface area contributed by atoms with Gasteiger partial charge in [-0.05, 0) is 17.9 Å². The Kier molecular flexibility index (Phi) is 5.21. The lowest BCUT2D eigenvalue weighted by Crippen LogP contribution is -2.41. The fourth-order valence-electron chi connectivity index (χ4n) is 2.97. The minimum atomic E-state index is -0.0194. The Hall–Kier alpha value is -0.560. The summed E-state index contributed by atoms with van der Waals surface area (Å²) in [6.45, 7) is 6.20. The molecule has 0 aromatic carbocycles. The third-order valence-electron chi connectivity index (χ3n) is 4.23. The van der Waals surface area contributed by atoms with E-state index in [4.69, 9.17) is 0 Å². The highest BCUT2D eigenvalue weighted by molar-refractivity contribution is 7.99. The van der Waals surface area contributed by atoms with E-state index in [1.807, 2.05) is 16.7 Å². The molecule has 21 heavy (non-hydrogen) atoms. The van der Waals surface area contributed by atoms with Crippen molar-refractivity contribution in [2.75, 3.05) is 37.7 Å². The van der Waals surface area contributed by atoms with Crippen LogP contribution in [0, 0.1) is 0 Å². The highest BCUT2D eigenvalue weighted by Crippen LogP contribution is 2.29. The van der Waals surface area contributed by atoms with Crippen LogP contribution in [0.1, 0.15) is 24.4 Å². The predicted octanol–water partition coefficient (Wildman–Crippen LogP) is 2.01. The summed E-state index contributed by atoms with van der Waals surface area (Å²) in [5, 5.41) is 5.58. The maximum absolute atomic E-state index is 12.6. The van der Waals surface area contributed by atoms with Crippen molar-refractivity contribution in [1.82, 2.24) is 15.1 Å². The van der Waals surface area contributed by atoms with E-state index < -0.39 is 0 Å². The van der Waals surface area contributed by atoms with Gasteiger partial charge in [0.2, 0.25) is 5.91 Å². The van der Waals surface area contributed by atoms with Crippen molar-refractivity contribution in [1.29, 1.82) is 0 Å². The summed E-state index contributed by atoms with van der Waals surface area (Å²) in [5.74, 6) is 2.71. The van der Waals surface area contributed by atoms with E-state index in [0.29, 0.717) is 0 Å². The Balaban J connectivity index is 1.65. The Morgan fingerprint density at radius 3 is 2.81 bits per heavy atom. The van der Waals surface area contributed by atoms with Crippen LogP contribution in [0.15, 0.2) is 17.5 Å². The van der Waals surface area contributed by atoms with E-state index in [0.717, 1.165) is 32.6 Å². The summed E-state index contributed by atoms with van der Waals surface area (Å²) in [6, 6.07) is 4.16. The van der Waals surface area contributed by atoms with Crippen LogP contribution in [0.5, 0.6) is 0 Å². The van der Waals surface area contributed by atoms with Crippen LogP contribution in [0.25, 0.3) is 0 Å². The number of nitrogens with one attached hydrogen (secondary N) is 1. The maximum Gasteiger partial charge on any atom is 0.241 e. The Morgan fingerprint density at radius 2 is 2.14 bits per heavy atom. The number of nitrogens with zero attached hydrogens (tertiary/aromatic N) is 2. The van der Waals surface area contributed by atoms with Gasteiger partial charge in [-0.1, -0.05) is 13.0 Å². The zero-order valence-electron chi connectivity index (χ0n) is 12.5. The van der Waals surface area contributed by atoms with Crippen LogP contribution in [-0.4, -0.2) is 59.4 Å². The van der Waals surface area contributed by atoms with Crippen LogP contribution in [0.2, 0.25) is 0 Å². The van der Waals surface area contributed by atoms with E-state index in [9.17, 15) is 4.79 Å². The maximum atomic E-state index is 12.6. The molecule has 1 N–H and O–H groups in total. The summed E-state index contributed by atoms with van der Waals surface area (Å²) in [7, 11) is 0. The minimum absolute atomic E-state index is 0.0194. The molecular formula is C15H23N3OS2. The van der Waals surface area contributed by atoms with Gasteiger partial charge in [-0.3, -0.25) is 15.0 Å². The monoisotopic (exact) mass is 325 g/mol. The Morgan fingerprint density at radius 1 is 1.33 bits per heavy atom. The molecule has 0 aliphatic carbocycles. The van der Waals surface area contributed by atoms with Crippen molar-refractivity contribution < 1.29 is 4.79 Å². The van der Waals surface area contributed by atoms with Gasteiger partial charge < -0.3 is 4.90 Å². The molecule has 0 bridgehead atoms. The van der Waals surface area contributed by atoms with E-state index in [-0.39, 0.29) is 18.1 Å². The molecule has 0 spiro atoms. The first-order chi connectivity index (χ1) is 10.3. The molecule has 1 amide bonds. The molecule has 2 fully saturated rings. The van der Waals surface area contributed by atoms with Gasteiger partial charge in [-0.2, -0.15) is 11.8 Å². The number of thioether (sulfide) groups is 1. The van der Waals surface area contributed by atoms with Gasteiger partial charge in [-0.25, -0.2) is 0 Å². The summed E-state index contributed by atoms with van der Waals surface area (Å²) >= 11 is 3.75. The van der Waals surface area contributed by atoms with Gasteiger partial charge in [0.25, 0.3) is 0 Å². The molecule has 0 saturated carbocycles. The Labute approximate surface area is 134 Å². The quantitative estimate of drug-likeness (QED) is 0.898. The molecule has 116 valence electrons. The Bertz CT molecular complexity index is 459. The van der Waals surface area contributed by atoms with E-state index in [1.165, 1.54) is 16.4 Å². The van der Waals surface area contributed by atoms with Crippen LogP contribution in [0.3, 0.4) is 0 Å². The molecule has 3 rings (SSSR count). The van der Waals surface area contributed by atoms with Gasteiger partial charge >= 0.3 is 0 Å². The topological polar surface area (TPSA) is 35.6 Å². The zero-order chi connectivity index (χ0) is 14.7. The molecule has 6 heteroatoms. The molecule has 2 unspecified atom stereocenters. The predicted molar refractivity (Wildman–Crippen MR) is 89.8 cm³/mol. The molecule has 2 atom stereocenters. The lowest BCUT2D eigenvalue weighted by molar-refractivity contribution is -0.130. The fourth-order valence-corrected chi connectivity index (χ4v) is 4.74. The highest BCUT2D eigenvalue weighted by Gasteiger charge is 2.38. The lowest BCUT2D eigenvalue weighted by atomic mass is 10.2. The van der Waals surface area contributed by atoms with Crippen molar-refractivity contribution in [2.24, 2.45) is 0 Å². The second-order valence-corrected chi connectivity index (χ2v) is 7.74. The first-order valence-electron chi connectivity index (χ1n) is 7.69. The van der Waals surface area contributed by atoms with Gasteiger partial charge in [0.1, 0.15) is 6.17 Å². The summed E-state index contributed by atoms with van der Waals surface area (Å²) in [4.78, 5) is 18.3. The number of carbonyl (C=O) groups excluding carboxylic acids is 1. The lowest BCUT2D eigenvalue weighted by Gasteiger charge is -2.30. The molecule has 3 heterocycles. The molecule has 2 saturated heterocycles. The zero-order valence-corrected chi connectivity index (χ0v) is 14.1. The second-order valence-electron chi connectivity index (χ2n) is 5.53. The first kappa shape index (κ1) is 15.3. The average Bonchev–Trinajstić information content (AvgIpc) is 3.14. The summed E-state index contributed by atoms with van der Waals surface area (Å²) < 4.78 is 0. The standard InChI is InChI=1S/C15H23N3OS2/c1-2-12-15(19)18(6-5-17-7-10-20-11-8-17)14(16-12)13-4-3-9-21-13/h3-4,9,12,14,16H,2,5-8,10-11H2,1H3. The molecule has 0 radical (unpaired) electrons. The number of thiophene rings is 1. The average molecular weight is 326 g/mol. The first-order valence-corrected chi connectivity index (χ1v) is 9.73. The van der Waals surface area contributed by atoms with Gasteiger partial charge in [0.15, 0.2) is 0 Å². The number of hydrogen-bond acceptors (Lipinski definition) is 5. The normalized spacial score (nSPS) is 27.5. The third-order valence-corrected chi connectivity index (χ3v) is 6.10. The minimum Gasteiger partial charge on any atom is -0.319 e. The highest BCUT2D eigenvalue weighted by atomic mass is 32.2. The molecule has 1 aromatic rings. The van der Waals surface area contributed by atoms with Gasteiger partial charge in [-0.15, -0.1) is 11.3 Å². The van der Waals surface area contributed by atoms with E-state index >= 15 is 0 Å². The number of hydrogen-bond donors (Lipinski definition) is 1. The molecule has 2 aliphatic heterocycles. The van der Waals surface area contributed by atoms with Crippen molar-refractivity contribution in [2.45, 2.75) is 25.6 Å². The smallest absolute Gasteiger partial charge is 0.241 e. The SMILES string of the molecule is CCC1NC(c2cccs2)N(CCN2CCSCC2)C1=O. The molecule has 2 aliphatic rings. The van der Waals surface area contributed by atoms with Crippen LogP contribution < -0.4 is 5.32 Å². The van der Waals surface area contributed by atoms with E-state index in [1.54, 1.807) is 11.3 Å². The van der Waals surface area contributed by atoms with Crippen molar-refractivity contribution >= 4 is 29.0 Å². The molecular weight excluding hydrogens is 302 g/mol. The largest absolute Gasteiger partial charge is 0.319 e. The number of carbonyl (C=O) groups is 1.